The topological polar surface area (TPSA) is 53.3 Å². The van der Waals surface area contributed by atoms with Crippen LogP contribution in [0.4, 0.5) is 0 Å². The summed E-state index contributed by atoms with van der Waals surface area (Å²) in [6, 6.07) is 16.3. The number of nitrogens with one attached hydrogen (secondary N) is 1. The normalized spacial score (nSPS) is 18.9. The first-order chi connectivity index (χ1) is 14.0. The lowest BCUT2D eigenvalue weighted by Crippen LogP contribution is -2.32. The van der Waals surface area contributed by atoms with Gasteiger partial charge in [-0.1, -0.05) is 22.0 Å². The predicted octanol–water partition coefficient (Wildman–Crippen LogP) is 4.22. The van der Waals surface area contributed by atoms with Crippen molar-refractivity contribution in [3.63, 3.8) is 0 Å². The second kappa shape index (κ2) is 8.26. The molecule has 3 heterocycles. The van der Waals surface area contributed by atoms with Gasteiger partial charge < -0.3 is 19.9 Å². The molecule has 2 N–H and O–H groups in total. The van der Waals surface area contributed by atoms with Gasteiger partial charge in [-0.15, -0.1) is 0 Å². The zero-order valence-electron chi connectivity index (χ0n) is 16.3. The minimum absolute atomic E-state index is 0.0404. The Morgan fingerprint density at radius 1 is 1.17 bits per heavy atom. The second-order valence-electron chi connectivity index (χ2n) is 7.18. The van der Waals surface area contributed by atoms with E-state index in [0.717, 1.165) is 27.2 Å². The lowest BCUT2D eigenvalue weighted by Gasteiger charge is -2.27. The molecule has 0 spiro atoms. The van der Waals surface area contributed by atoms with Crippen LogP contribution >= 0.6 is 28.1 Å². The molecule has 2 atom stereocenters. The third-order valence-electron chi connectivity index (χ3n) is 5.41. The molecule has 1 aliphatic rings. The minimum Gasteiger partial charge on any atom is -0.395 e. The Morgan fingerprint density at radius 2 is 1.93 bits per heavy atom. The molecule has 1 aromatic carbocycles. The van der Waals surface area contributed by atoms with Crippen LogP contribution in [0.1, 0.15) is 34.7 Å². The molecule has 29 heavy (non-hydrogen) atoms. The molecule has 0 radical (unpaired) electrons. The van der Waals surface area contributed by atoms with Crippen molar-refractivity contribution in [2.75, 3.05) is 13.2 Å². The fraction of sp³-hybridized carbons (Fsp3) is 0.273. The Bertz CT molecular complexity index is 1020. The molecule has 1 saturated heterocycles. The maximum absolute atomic E-state index is 9.64. The number of thiocarbonyl (C=S) groups is 1. The van der Waals surface area contributed by atoms with Crippen LogP contribution in [0.5, 0.6) is 0 Å². The van der Waals surface area contributed by atoms with Crippen LogP contribution in [0, 0.1) is 13.8 Å². The van der Waals surface area contributed by atoms with E-state index >= 15 is 0 Å². The van der Waals surface area contributed by atoms with Gasteiger partial charge in [0.25, 0.3) is 0 Å². The van der Waals surface area contributed by atoms with Crippen LogP contribution in [0.3, 0.4) is 0 Å². The average molecular weight is 471 g/mol. The molecule has 0 aliphatic carbocycles. The molecule has 3 aromatic rings. The summed E-state index contributed by atoms with van der Waals surface area (Å²) in [6.07, 6.45) is 1.80. The molecular formula is C22H23BrN4OS. The van der Waals surface area contributed by atoms with Crippen LogP contribution in [0.15, 0.2) is 59.2 Å². The first kappa shape index (κ1) is 20.1. The van der Waals surface area contributed by atoms with Crippen LogP contribution in [-0.2, 0) is 0 Å². The number of benzene rings is 1. The average Bonchev–Trinajstić information content (AvgIpc) is 3.20. The highest BCUT2D eigenvalue weighted by Gasteiger charge is 2.41. The number of aromatic nitrogens is 2. The summed E-state index contributed by atoms with van der Waals surface area (Å²) in [5.41, 5.74) is 5.55. The third-order valence-corrected chi connectivity index (χ3v) is 6.29. The van der Waals surface area contributed by atoms with Crippen molar-refractivity contribution < 1.29 is 5.11 Å². The first-order valence-corrected chi connectivity index (χ1v) is 10.7. The highest BCUT2D eigenvalue weighted by Crippen LogP contribution is 2.41. The number of nitrogens with zero attached hydrogens (tertiary/aromatic N) is 3. The molecule has 4 rings (SSSR count). The number of hydrogen-bond acceptors (Lipinski definition) is 3. The fourth-order valence-corrected chi connectivity index (χ4v) is 4.76. The molecule has 2 aromatic heterocycles. The quantitative estimate of drug-likeness (QED) is 0.546. The van der Waals surface area contributed by atoms with Crippen LogP contribution in [0.25, 0.3) is 5.69 Å². The molecule has 0 bridgehead atoms. The van der Waals surface area contributed by atoms with Gasteiger partial charge >= 0.3 is 0 Å². The molecule has 5 nitrogen and oxygen atoms in total. The van der Waals surface area contributed by atoms with E-state index in [2.05, 4.69) is 79.9 Å². The summed E-state index contributed by atoms with van der Waals surface area (Å²) in [5, 5.41) is 13.7. The molecule has 0 amide bonds. The monoisotopic (exact) mass is 470 g/mol. The van der Waals surface area contributed by atoms with Crippen molar-refractivity contribution in [1.82, 2.24) is 19.8 Å². The summed E-state index contributed by atoms with van der Waals surface area (Å²) >= 11 is 9.13. The number of rotatable bonds is 5. The largest absolute Gasteiger partial charge is 0.395 e. The zero-order chi connectivity index (χ0) is 20.5. The first-order valence-electron chi connectivity index (χ1n) is 9.55. The van der Waals surface area contributed by atoms with Gasteiger partial charge in [0.15, 0.2) is 5.11 Å². The Labute approximate surface area is 184 Å². The number of halogens is 1. The standard InChI is InChI=1S/C22H23BrN4OS/c1-14-13-18(15(2)27(14)17-8-6-16(23)7-9-17)21-20(19-5-3-4-10-24-19)25-22(29)26(21)11-12-28/h3-10,13,20-21,28H,11-12H2,1-2H3,(H,25,29). The summed E-state index contributed by atoms with van der Waals surface area (Å²) in [6.45, 7) is 4.77. The number of aryl methyl sites for hydroxylation is 1. The van der Waals surface area contributed by atoms with E-state index in [1.807, 2.05) is 18.2 Å². The number of β-amino-alcohol motifs (C(OH)–C–C–N with tert-alkyl or cyclic N) is 1. The van der Waals surface area contributed by atoms with E-state index in [1.54, 1.807) is 6.20 Å². The SMILES string of the molecule is Cc1cc(C2C(c3ccccn3)NC(=S)N2CCO)c(C)n1-c1ccc(Br)cc1. The van der Waals surface area contributed by atoms with Crippen LogP contribution < -0.4 is 5.32 Å². The fourth-order valence-electron chi connectivity index (χ4n) is 4.17. The van der Waals surface area contributed by atoms with E-state index in [1.165, 1.54) is 5.56 Å². The maximum Gasteiger partial charge on any atom is 0.170 e. The second-order valence-corrected chi connectivity index (χ2v) is 8.48. The number of aliphatic hydroxyl groups excluding tert-OH is 1. The summed E-state index contributed by atoms with van der Waals surface area (Å²) in [7, 11) is 0. The zero-order valence-corrected chi connectivity index (χ0v) is 18.7. The lowest BCUT2D eigenvalue weighted by atomic mass is 9.97. The summed E-state index contributed by atoms with van der Waals surface area (Å²) < 4.78 is 3.31. The van der Waals surface area contributed by atoms with Gasteiger partial charge in [-0.05, 0) is 74.1 Å². The molecule has 2 unspecified atom stereocenters. The van der Waals surface area contributed by atoms with E-state index < -0.39 is 0 Å². The Kier molecular flexibility index (Phi) is 5.72. The van der Waals surface area contributed by atoms with Gasteiger partial charge in [0.05, 0.1) is 24.4 Å². The molecule has 150 valence electrons. The van der Waals surface area contributed by atoms with Gasteiger partial charge in [0.1, 0.15) is 0 Å². The number of aliphatic hydroxyl groups is 1. The lowest BCUT2D eigenvalue weighted by molar-refractivity contribution is 0.223. The molecule has 7 heteroatoms. The minimum atomic E-state index is -0.0749. The summed E-state index contributed by atoms with van der Waals surface area (Å²) in [4.78, 5) is 6.64. The van der Waals surface area contributed by atoms with Crippen molar-refractivity contribution in [2.24, 2.45) is 0 Å². The predicted molar refractivity (Wildman–Crippen MR) is 122 cm³/mol. The summed E-state index contributed by atoms with van der Waals surface area (Å²) in [5.74, 6) is 0. The van der Waals surface area contributed by atoms with E-state index in [4.69, 9.17) is 12.2 Å². The van der Waals surface area contributed by atoms with Crippen molar-refractivity contribution >= 4 is 33.3 Å². The van der Waals surface area contributed by atoms with Crippen LogP contribution in [-0.4, -0.2) is 37.8 Å². The van der Waals surface area contributed by atoms with Crippen molar-refractivity contribution in [1.29, 1.82) is 0 Å². The van der Waals surface area contributed by atoms with Crippen molar-refractivity contribution in [2.45, 2.75) is 25.9 Å². The highest BCUT2D eigenvalue weighted by molar-refractivity contribution is 9.10. The Balaban J connectivity index is 1.82. The van der Waals surface area contributed by atoms with E-state index in [9.17, 15) is 5.11 Å². The molecule has 1 aliphatic heterocycles. The molecular weight excluding hydrogens is 448 g/mol. The number of pyridine rings is 1. The smallest absolute Gasteiger partial charge is 0.170 e. The molecule has 0 saturated carbocycles. The Morgan fingerprint density at radius 3 is 2.59 bits per heavy atom. The third kappa shape index (κ3) is 3.70. The van der Waals surface area contributed by atoms with Crippen LogP contribution in [0.2, 0.25) is 0 Å². The van der Waals surface area contributed by atoms with Crippen molar-refractivity contribution in [3.05, 3.63) is 81.8 Å². The molecule has 1 fully saturated rings. The number of hydrogen-bond donors (Lipinski definition) is 2. The Hall–Kier alpha value is -2.22. The van der Waals surface area contributed by atoms with Gasteiger partial charge in [0, 0.05) is 34.3 Å². The van der Waals surface area contributed by atoms with Gasteiger partial charge in [-0.3, -0.25) is 4.98 Å². The van der Waals surface area contributed by atoms with Crippen molar-refractivity contribution in [3.8, 4) is 5.69 Å². The van der Waals surface area contributed by atoms with E-state index in [-0.39, 0.29) is 18.7 Å². The van der Waals surface area contributed by atoms with Gasteiger partial charge in [-0.2, -0.15) is 0 Å². The highest BCUT2D eigenvalue weighted by atomic mass is 79.9. The van der Waals surface area contributed by atoms with Gasteiger partial charge in [0.2, 0.25) is 0 Å². The maximum atomic E-state index is 9.64. The van der Waals surface area contributed by atoms with E-state index in [0.29, 0.717) is 11.7 Å². The van der Waals surface area contributed by atoms with Gasteiger partial charge in [-0.25, -0.2) is 0 Å².